The zero-order valence-electron chi connectivity index (χ0n) is 17.6. The summed E-state index contributed by atoms with van der Waals surface area (Å²) in [4.78, 5) is 38.4. The summed E-state index contributed by atoms with van der Waals surface area (Å²) in [5, 5.41) is 1.42. The van der Waals surface area contributed by atoms with Gasteiger partial charge in [0.2, 0.25) is 0 Å². The molecule has 0 saturated heterocycles. The monoisotopic (exact) mass is 440 g/mol. The van der Waals surface area contributed by atoms with Gasteiger partial charge in [-0.25, -0.2) is 9.97 Å². The molecule has 0 amide bonds. The molecule has 0 aliphatic heterocycles. The van der Waals surface area contributed by atoms with Crippen molar-refractivity contribution in [2.24, 2.45) is 0 Å². The average molecular weight is 441 g/mol. The Balaban J connectivity index is 1.67. The smallest absolute Gasteiger partial charge is 0.266 e. The van der Waals surface area contributed by atoms with E-state index in [1.807, 2.05) is 74.5 Å². The van der Waals surface area contributed by atoms with Gasteiger partial charge in [-0.15, -0.1) is 0 Å². The van der Waals surface area contributed by atoms with Crippen LogP contribution in [0.1, 0.15) is 23.6 Å². The zero-order chi connectivity index (χ0) is 22.2. The number of hydrogen-bond acceptors (Lipinski definition) is 5. The Morgan fingerprint density at radius 2 is 1.47 bits per heavy atom. The summed E-state index contributed by atoms with van der Waals surface area (Å²) < 4.78 is 1.65. The minimum atomic E-state index is -0.240. The standard InChI is InChI=1S/C25H20N4O2S/c1-15-9-3-8-14-21(15)29-24(31)18-11-5-7-13-20(18)27-25(29)32-16(2)22-26-19-12-6-4-10-17(19)23(30)28-22/h3-14,16H,1-2H3,(H,26,28,30). The van der Waals surface area contributed by atoms with Crippen LogP contribution < -0.4 is 11.1 Å². The molecule has 32 heavy (non-hydrogen) atoms. The highest BCUT2D eigenvalue weighted by Gasteiger charge is 2.19. The normalized spacial score (nSPS) is 12.3. The molecule has 5 aromatic rings. The van der Waals surface area contributed by atoms with Gasteiger partial charge in [-0.2, -0.15) is 0 Å². The van der Waals surface area contributed by atoms with Crippen molar-refractivity contribution in [3.63, 3.8) is 0 Å². The van der Waals surface area contributed by atoms with Gasteiger partial charge in [-0.3, -0.25) is 14.2 Å². The van der Waals surface area contributed by atoms with Crippen LogP contribution in [0.15, 0.2) is 87.5 Å². The molecule has 6 nitrogen and oxygen atoms in total. The number of nitrogens with one attached hydrogen (secondary N) is 1. The number of nitrogens with zero attached hydrogens (tertiary/aromatic N) is 3. The molecule has 0 spiro atoms. The number of rotatable bonds is 4. The van der Waals surface area contributed by atoms with E-state index in [0.717, 1.165) is 11.3 Å². The van der Waals surface area contributed by atoms with Crippen LogP contribution in [0, 0.1) is 6.92 Å². The summed E-state index contributed by atoms with van der Waals surface area (Å²) >= 11 is 1.39. The molecule has 2 aromatic heterocycles. The minimum absolute atomic E-state index is 0.125. The lowest BCUT2D eigenvalue weighted by molar-refractivity contribution is 0.805. The Morgan fingerprint density at radius 1 is 0.844 bits per heavy atom. The fourth-order valence-electron chi connectivity index (χ4n) is 3.73. The van der Waals surface area contributed by atoms with Crippen LogP contribution in [0.2, 0.25) is 0 Å². The number of benzene rings is 3. The maximum absolute atomic E-state index is 13.5. The summed E-state index contributed by atoms with van der Waals surface area (Å²) in [5.41, 5.74) is 2.72. The van der Waals surface area contributed by atoms with E-state index in [4.69, 9.17) is 4.98 Å². The molecule has 0 bridgehead atoms. The predicted molar refractivity (Wildman–Crippen MR) is 129 cm³/mol. The molecule has 0 radical (unpaired) electrons. The molecule has 158 valence electrons. The second kappa shape index (κ2) is 8.09. The van der Waals surface area contributed by atoms with Gasteiger partial charge >= 0.3 is 0 Å². The van der Waals surface area contributed by atoms with Gasteiger partial charge in [0.1, 0.15) is 5.82 Å². The number of hydrogen-bond donors (Lipinski definition) is 1. The SMILES string of the molecule is Cc1ccccc1-n1c(SC(C)c2nc3ccccc3c(=O)[nH]2)nc2ccccc2c1=O. The average Bonchev–Trinajstić information content (AvgIpc) is 2.80. The highest BCUT2D eigenvalue weighted by atomic mass is 32.2. The van der Waals surface area contributed by atoms with Crippen LogP contribution in [0.3, 0.4) is 0 Å². The van der Waals surface area contributed by atoms with E-state index in [1.165, 1.54) is 11.8 Å². The number of fused-ring (bicyclic) bond motifs is 2. The van der Waals surface area contributed by atoms with Gasteiger partial charge in [0.25, 0.3) is 11.1 Å². The number of aromatic amines is 1. The molecule has 0 aliphatic rings. The topological polar surface area (TPSA) is 80.6 Å². The fraction of sp³-hybridized carbons (Fsp3) is 0.120. The van der Waals surface area contributed by atoms with Crippen molar-refractivity contribution in [3.8, 4) is 5.69 Å². The van der Waals surface area contributed by atoms with Gasteiger partial charge in [-0.05, 0) is 49.7 Å². The fourth-order valence-corrected chi connectivity index (χ4v) is 4.71. The van der Waals surface area contributed by atoms with Crippen LogP contribution in [-0.2, 0) is 0 Å². The van der Waals surface area contributed by atoms with Crippen molar-refractivity contribution in [2.75, 3.05) is 0 Å². The van der Waals surface area contributed by atoms with Crippen molar-refractivity contribution in [2.45, 2.75) is 24.3 Å². The third kappa shape index (κ3) is 3.50. The molecule has 2 heterocycles. The summed E-state index contributed by atoms with van der Waals surface area (Å²) in [6, 6.07) is 22.3. The quantitative estimate of drug-likeness (QED) is 0.321. The van der Waals surface area contributed by atoms with Crippen LogP contribution in [0.4, 0.5) is 0 Å². The van der Waals surface area contributed by atoms with Crippen molar-refractivity contribution >= 4 is 33.6 Å². The van der Waals surface area contributed by atoms with Gasteiger partial charge < -0.3 is 4.98 Å². The Labute approximate surface area is 188 Å². The van der Waals surface area contributed by atoms with E-state index in [0.29, 0.717) is 32.8 Å². The molecule has 1 unspecified atom stereocenters. The van der Waals surface area contributed by atoms with E-state index in [2.05, 4.69) is 9.97 Å². The first-order valence-corrected chi connectivity index (χ1v) is 11.1. The first-order chi connectivity index (χ1) is 15.5. The molecule has 5 rings (SSSR count). The largest absolute Gasteiger partial charge is 0.309 e. The number of aryl methyl sites for hydroxylation is 1. The van der Waals surface area contributed by atoms with E-state index in [9.17, 15) is 9.59 Å². The molecule has 3 aromatic carbocycles. The predicted octanol–water partition coefficient (Wildman–Crippen LogP) is 4.78. The third-order valence-electron chi connectivity index (χ3n) is 5.40. The van der Waals surface area contributed by atoms with Crippen molar-refractivity contribution < 1.29 is 0 Å². The summed E-state index contributed by atoms with van der Waals surface area (Å²) in [6.45, 7) is 3.92. The van der Waals surface area contributed by atoms with E-state index >= 15 is 0 Å². The summed E-state index contributed by atoms with van der Waals surface area (Å²) in [5.74, 6) is 0.539. The second-order valence-corrected chi connectivity index (χ2v) is 8.87. The Bertz CT molecular complexity index is 1590. The van der Waals surface area contributed by atoms with Gasteiger partial charge in [0.15, 0.2) is 5.16 Å². The van der Waals surface area contributed by atoms with Crippen LogP contribution in [0.5, 0.6) is 0 Å². The van der Waals surface area contributed by atoms with Crippen LogP contribution >= 0.6 is 11.8 Å². The highest BCUT2D eigenvalue weighted by Crippen LogP contribution is 2.33. The molecule has 0 saturated carbocycles. The van der Waals surface area contributed by atoms with Crippen molar-refractivity contribution in [1.82, 2.24) is 19.5 Å². The van der Waals surface area contributed by atoms with E-state index in [1.54, 1.807) is 16.7 Å². The Kier molecular flexibility index (Phi) is 5.11. The molecular formula is C25H20N4O2S. The summed E-state index contributed by atoms with van der Waals surface area (Å²) in [7, 11) is 0. The minimum Gasteiger partial charge on any atom is -0.309 e. The second-order valence-electron chi connectivity index (χ2n) is 7.57. The van der Waals surface area contributed by atoms with Gasteiger partial charge in [0, 0.05) is 0 Å². The molecule has 1 atom stereocenters. The maximum Gasteiger partial charge on any atom is 0.266 e. The first-order valence-electron chi connectivity index (χ1n) is 10.3. The van der Waals surface area contributed by atoms with E-state index in [-0.39, 0.29) is 16.4 Å². The lowest BCUT2D eigenvalue weighted by atomic mass is 10.2. The Hall–Kier alpha value is -3.71. The molecule has 7 heteroatoms. The molecule has 0 aliphatic carbocycles. The molecular weight excluding hydrogens is 420 g/mol. The number of H-pyrrole nitrogens is 1. The van der Waals surface area contributed by atoms with Crippen molar-refractivity contribution in [3.05, 3.63) is 105 Å². The lowest BCUT2D eigenvalue weighted by Crippen LogP contribution is -2.23. The van der Waals surface area contributed by atoms with Crippen LogP contribution in [0.25, 0.3) is 27.5 Å². The Morgan fingerprint density at radius 3 is 2.22 bits per heavy atom. The number of thioether (sulfide) groups is 1. The van der Waals surface area contributed by atoms with Crippen LogP contribution in [-0.4, -0.2) is 19.5 Å². The third-order valence-corrected chi connectivity index (χ3v) is 6.46. The molecule has 1 N–H and O–H groups in total. The highest BCUT2D eigenvalue weighted by molar-refractivity contribution is 7.99. The maximum atomic E-state index is 13.5. The van der Waals surface area contributed by atoms with Crippen molar-refractivity contribution in [1.29, 1.82) is 0 Å². The first kappa shape index (κ1) is 20.2. The van der Waals surface area contributed by atoms with Gasteiger partial charge in [-0.1, -0.05) is 54.2 Å². The lowest BCUT2D eigenvalue weighted by Gasteiger charge is -2.17. The summed E-state index contributed by atoms with van der Waals surface area (Å²) in [6.07, 6.45) is 0. The zero-order valence-corrected chi connectivity index (χ0v) is 18.4. The number of aromatic nitrogens is 4. The number of para-hydroxylation sites is 3. The van der Waals surface area contributed by atoms with Gasteiger partial charge in [0.05, 0.1) is 32.7 Å². The molecule has 0 fully saturated rings. The van der Waals surface area contributed by atoms with E-state index < -0.39 is 0 Å².